The first kappa shape index (κ1) is 35.4. The van der Waals surface area contributed by atoms with Crippen molar-refractivity contribution in [3.63, 3.8) is 0 Å². The van der Waals surface area contributed by atoms with Crippen LogP contribution in [-0.4, -0.2) is 124 Å². The number of ether oxygens (including phenoxy) is 1. The number of sulfone groups is 1. The number of H-pyrrole nitrogens is 1. The summed E-state index contributed by atoms with van der Waals surface area (Å²) < 4.78 is 32.7. The highest BCUT2D eigenvalue weighted by atomic mass is 32.2. The fourth-order valence-corrected chi connectivity index (χ4v) is 7.40. The van der Waals surface area contributed by atoms with Gasteiger partial charge in [0.25, 0.3) is 5.91 Å². The van der Waals surface area contributed by atoms with Gasteiger partial charge in [-0.05, 0) is 54.0 Å². The number of hydrogen-bond acceptors (Lipinski definition) is 13. The fraction of sp³-hybridized carbons (Fsp3) is 0.529. The van der Waals surface area contributed by atoms with Gasteiger partial charge in [0.1, 0.15) is 40.1 Å². The van der Waals surface area contributed by atoms with Gasteiger partial charge in [-0.3, -0.25) is 14.8 Å². The summed E-state index contributed by atoms with van der Waals surface area (Å²) in [4.78, 5) is 37.4. The van der Waals surface area contributed by atoms with Gasteiger partial charge in [0.2, 0.25) is 0 Å². The van der Waals surface area contributed by atoms with Crippen LogP contribution < -0.4 is 20.3 Å². The van der Waals surface area contributed by atoms with Gasteiger partial charge in [-0.2, -0.15) is 5.10 Å². The topological polar surface area (TPSA) is 174 Å². The summed E-state index contributed by atoms with van der Waals surface area (Å²) in [5, 5.41) is 14.4. The maximum Gasteiger partial charge on any atom is 0.274 e. The molecule has 1 unspecified atom stereocenters. The zero-order valence-electron chi connectivity index (χ0n) is 29.7. The number of rotatable bonds is 10. The van der Waals surface area contributed by atoms with Crippen LogP contribution >= 0.6 is 0 Å². The van der Waals surface area contributed by atoms with Crippen LogP contribution in [0, 0.1) is 13.8 Å². The summed E-state index contributed by atoms with van der Waals surface area (Å²) in [6, 6.07) is 3.66. The van der Waals surface area contributed by atoms with E-state index in [-0.39, 0.29) is 16.6 Å². The van der Waals surface area contributed by atoms with E-state index in [1.165, 1.54) is 6.33 Å². The number of hydrogen-bond donors (Lipinski definition) is 3. The standard InChI is InChI=1S/C34H47N11O4S/c1-22-20-45(10-8-35-22)30-19-36-27(18-37-30)33(46)44-13-11-43(12-14-44)9-7-15-49-28-17-26-25(16-29(28)50(47,48)34(4,5)6)32(39-21-38-26)40-31-23(2)24(3)41-42-31/h16-19,21-22,35H,7-15,20H2,1-6H3,(H2,38,39,40,41,42). The molecule has 2 fully saturated rings. The average Bonchev–Trinajstić information content (AvgIpc) is 3.41. The first-order valence-corrected chi connectivity index (χ1v) is 18.6. The Morgan fingerprint density at radius 1 is 1.04 bits per heavy atom. The summed E-state index contributed by atoms with van der Waals surface area (Å²) in [6.45, 7) is 17.3. The van der Waals surface area contributed by atoms with Crippen LogP contribution in [-0.2, 0) is 9.84 Å². The van der Waals surface area contributed by atoms with Crippen LogP contribution in [0.25, 0.3) is 10.9 Å². The van der Waals surface area contributed by atoms with Crippen LogP contribution in [0.3, 0.4) is 0 Å². The summed E-state index contributed by atoms with van der Waals surface area (Å²) in [6.07, 6.45) is 5.39. The summed E-state index contributed by atoms with van der Waals surface area (Å²) >= 11 is 0. The first-order chi connectivity index (χ1) is 23.8. The zero-order chi connectivity index (χ0) is 35.6. The second-order valence-electron chi connectivity index (χ2n) is 14.0. The van der Waals surface area contributed by atoms with Crippen LogP contribution in [0.4, 0.5) is 17.5 Å². The lowest BCUT2D eigenvalue weighted by molar-refractivity contribution is 0.0624. The van der Waals surface area contributed by atoms with E-state index in [1.807, 2.05) is 18.7 Å². The van der Waals surface area contributed by atoms with Gasteiger partial charge in [0, 0.05) is 75.4 Å². The van der Waals surface area contributed by atoms with E-state index < -0.39 is 14.6 Å². The fourth-order valence-electron chi connectivity index (χ4n) is 6.09. The Kier molecular flexibility index (Phi) is 10.2. The number of piperazine rings is 2. The number of anilines is 3. The SMILES string of the molecule is Cc1n[nH]c(Nc2ncnc3cc(OCCCN4CCN(C(=O)c5cnc(N6CCNC(C)C6)cn5)CC4)c(S(=O)(=O)C(C)(C)C)cc23)c1C. The Hall–Kier alpha value is -4.41. The van der Waals surface area contributed by atoms with Crippen LogP contribution in [0.15, 0.2) is 35.7 Å². The predicted molar refractivity (Wildman–Crippen MR) is 192 cm³/mol. The van der Waals surface area contributed by atoms with Gasteiger partial charge in [-0.1, -0.05) is 0 Å². The first-order valence-electron chi connectivity index (χ1n) is 17.1. The molecule has 1 atom stereocenters. The number of aromatic amines is 1. The molecule has 5 heterocycles. The van der Waals surface area contributed by atoms with E-state index in [1.54, 1.807) is 45.3 Å². The highest BCUT2D eigenvalue weighted by molar-refractivity contribution is 7.92. The number of carbonyl (C=O) groups excluding carboxylic acids is 1. The van der Waals surface area contributed by atoms with Crippen molar-refractivity contribution in [2.24, 2.45) is 0 Å². The second-order valence-corrected chi connectivity index (χ2v) is 16.7. The molecule has 2 aliphatic rings. The van der Waals surface area contributed by atoms with E-state index in [4.69, 9.17) is 4.74 Å². The number of amides is 1. The van der Waals surface area contributed by atoms with Crippen molar-refractivity contribution in [2.75, 3.05) is 69.2 Å². The molecule has 16 heteroatoms. The van der Waals surface area contributed by atoms with E-state index in [2.05, 4.69) is 57.5 Å². The van der Waals surface area contributed by atoms with Gasteiger partial charge in [0.15, 0.2) is 9.84 Å². The lowest BCUT2D eigenvalue weighted by atomic mass is 10.2. The smallest absolute Gasteiger partial charge is 0.274 e. The Bertz CT molecular complexity index is 1940. The second kappa shape index (κ2) is 14.4. The molecule has 0 radical (unpaired) electrons. The molecule has 1 aromatic carbocycles. The summed E-state index contributed by atoms with van der Waals surface area (Å²) in [7, 11) is -3.79. The molecule has 3 aromatic heterocycles. The molecule has 268 valence electrons. The molecule has 50 heavy (non-hydrogen) atoms. The number of aromatic nitrogens is 6. The monoisotopic (exact) mass is 705 g/mol. The van der Waals surface area contributed by atoms with E-state index >= 15 is 0 Å². The summed E-state index contributed by atoms with van der Waals surface area (Å²) in [5.74, 6) is 2.09. The van der Waals surface area contributed by atoms with Gasteiger partial charge in [-0.15, -0.1) is 0 Å². The van der Waals surface area contributed by atoms with Crippen molar-refractivity contribution in [1.29, 1.82) is 0 Å². The maximum absolute atomic E-state index is 13.8. The van der Waals surface area contributed by atoms with Crippen molar-refractivity contribution < 1.29 is 17.9 Å². The zero-order valence-corrected chi connectivity index (χ0v) is 30.5. The molecule has 4 aromatic rings. The van der Waals surface area contributed by atoms with Crippen LogP contribution in [0.1, 0.15) is 55.9 Å². The molecule has 2 saturated heterocycles. The van der Waals surface area contributed by atoms with Crippen molar-refractivity contribution in [2.45, 2.75) is 63.6 Å². The minimum atomic E-state index is -3.79. The van der Waals surface area contributed by atoms with E-state index in [0.717, 1.165) is 56.3 Å². The lowest BCUT2D eigenvalue weighted by Crippen LogP contribution is -2.50. The number of carbonyl (C=O) groups is 1. The molecular formula is C34H47N11O4S. The summed E-state index contributed by atoms with van der Waals surface area (Å²) in [5.41, 5.74) is 2.70. The van der Waals surface area contributed by atoms with Crippen molar-refractivity contribution in [1.82, 2.24) is 45.2 Å². The van der Waals surface area contributed by atoms with Crippen molar-refractivity contribution in [3.8, 4) is 5.75 Å². The van der Waals surface area contributed by atoms with Crippen LogP contribution in [0.2, 0.25) is 0 Å². The molecule has 6 rings (SSSR count). The number of benzene rings is 1. The Balaban J connectivity index is 1.07. The number of fused-ring (bicyclic) bond motifs is 1. The molecule has 3 N–H and O–H groups in total. The lowest BCUT2D eigenvalue weighted by Gasteiger charge is -2.34. The third-order valence-electron chi connectivity index (χ3n) is 9.38. The molecule has 0 aliphatic carbocycles. The quantitative estimate of drug-likeness (QED) is 0.206. The minimum Gasteiger partial charge on any atom is -0.492 e. The van der Waals surface area contributed by atoms with E-state index in [9.17, 15) is 13.2 Å². The highest BCUT2D eigenvalue weighted by Gasteiger charge is 2.34. The molecule has 1 amide bonds. The number of nitrogens with one attached hydrogen (secondary N) is 3. The molecule has 0 spiro atoms. The van der Waals surface area contributed by atoms with Gasteiger partial charge in [0.05, 0.1) is 35.0 Å². The predicted octanol–water partition coefficient (Wildman–Crippen LogP) is 3.10. The minimum absolute atomic E-state index is 0.0959. The normalized spacial score (nSPS) is 17.7. The number of nitrogens with zero attached hydrogens (tertiary/aromatic N) is 8. The molecule has 0 bridgehead atoms. The Labute approximate surface area is 293 Å². The molecule has 2 aliphatic heterocycles. The third-order valence-corrected chi connectivity index (χ3v) is 11.9. The highest BCUT2D eigenvalue weighted by Crippen LogP contribution is 2.37. The average molecular weight is 706 g/mol. The van der Waals surface area contributed by atoms with E-state index in [0.29, 0.717) is 60.4 Å². The van der Waals surface area contributed by atoms with Crippen molar-refractivity contribution in [3.05, 3.63) is 47.8 Å². The van der Waals surface area contributed by atoms with Gasteiger partial charge in [-0.25, -0.2) is 28.4 Å². The Morgan fingerprint density at radius 3 is 2.48 bits per heavy atom. The largest absolute Gasteiger partial charge is 0.492 e. The molecule has 15 nitrogen and oxygen atoms in total. The van der Waals surface area contributed by atoms with Gasteiger partial charge < -0.3 is 25.2 Å². The molecular weight excluding hydrogens is 659 g/mol. The van der Waals surface area contributed by atoms with Crippen molar-refractivity contribution >= 4 is 44.1 Å². The molecule has 0 saturated carbocycles. The Morgan fingerprint density at radius 2 is 1.82 bits per heavy atom. The number of aryl methyl sites for hydroxylation is 1. The maximum atomic E-state index is 13.8. The van der Waals surface area contributed by atoms with Gasteiger partial charge >= 0.3 is 0 Å². The third kappa shape index (κ3) is 7.51. The van der Waals surface area contributed by atoms with Crippen LogP contribution in [0.5, 0.6) is 5.75 Å².